The van der Waals surface area contributed by atoms with Gasteiger partial charge in [0.05, 0.1) is 6.04 Å². The third-order valence-corrected chi connectivity index (χ3v) is 7.91. The van der Waals surface area contributed by atoms with Crippen LogP contribution in [0.5, 0.6) is 0 Å². The Hall–Kier alpha value is -3.72. The van der Waals surface area contributed by atoms with Crippen LogP contribution in [0.1, 0.15) is 35.6 Å². The molecule has 3 aromatic rings. The number of nitrogens with zero attached hydrogens (tertiary/aromatic N) is 3. The van der Waals surface area contributed by atoms with Crippen LogP contribution in [0.4, 0.5) is 0 Å². The van der Waals surface area contributed by atoms with E-state index in [9.17, 15) is 4.79 Å². The van der Waals surface area contributed by atoms with Gasteiger partial charge >= 0.3 is 11.9 Å². The SMILES string of the molecule is O=C(C1CCN(Cc2ccc(Cl)cc2)CC1)N1CCN(C(c2ccccc2)c2ccccc2)CC1.O=C(O)C(=O)O. The van der Waals surface area contributed by atoms with Gasteiger partial charge in [-0.15, -0.1) is 0 Å². The number of piperidine rings is 1. The van der Waals surface area contributed by atoms with Crippen LogP contribution in [0, 0.1) is 5.92 Å². The predicted octanol–water partition coefficient (Wildman–Crippen LogP) is 4.64. The number of carbonyl (C=O) groups excluding carboxylic acids is 1. The number of aliphatic carboxylic acids is 2. The van der Waals surface area contributed by atoms with Gasteiger partial charge in [-0.25, -0.2) is 9.59 Å². The molecule has 216 valence electrons. The van der Waals surface area contributed by atoms with Gasteiger partial charge in [0.2, 0.25) is 5.91 Å². The van der Waals surface area contributed by atoms with Crippen molar-refractivity contribution in [1.29, 1.82) is 0 Å². The molecule has 0 spiro atoms. The normalized spacial score (nSPS) is 16.6. The summed E-state index contributed by atoms with van der Waals surface area (Å²) in [6.07, 6.45) is 1.90. The van der Waals surface area contributed by atoms with E-state index < -0.39 is 11.9 Å². The third kappa shape index (κ3) is 8.63. The number of carboxylic acids is 2. The van der Waals surface area contributed by atoms with Crippen LogP contribution in [-0.4, -0.2) is 82.0 Å². The van der Waals surface area contributed by atoms with E-state index in [1.165, 1.54) is 16.7 Å². The number of carbonyl (C=O) groups is 3. The molecule has 0 saturated carbocycles. The van der Waals surface area contributed by atoms with E-state index in [0.29, 0.717) is 5.91 Å². The fourth-order valence-electron chi connectivity index (χ4n) is 5.53. The maximum Gasteiger partial charge on any atom is 0.414 e. The second-order valence-electron chi connectivity index (χ2n) is 10.4. The lowest BCUT2D eigenvalue weighted by molar-refractivity contribution is -0.159. The van der Waals surface area contributed by atoms with Crippen molar-refractivity contribution in [1.82, 2.24) is 14.7 Å². The molecule has 41 heavy (non-hydrogen) atoms. The quantitative estimate of drug-likeness (QED) is 0.412. The number of likely N-dealkylation sites (tertiary alicyclic amines) is 1. The van der Waals surface area contributed by atoms with Gasteiger partial charge in [-0.3, -0.25) is 14.6 Å². The largest absolute Gasteiger partial charge is 0.473 e. The van der Waals surface area contributed by atoms with E-state index in [2.05, 4.69) is 87.5 Å². The standard InChI is InChI=1S/C30H34ClN3O.C2H2O4/c31-28-13-11-24(12-14-28)23-32-17-15-27(16-18-32)30(35)34-21-19-33(20-22-34)29(25-7-3-1-4-8-25)26-9-5-2-6-10-26;3-1(4)2(5)6/h1-14,27,29H,15-23H2;(H,3,4)(H,5,6). The molecule has 2 heterocycles. The van der Waals surface area contributed by atoms with Crippen molar-refractivity contribution in [3.63, 3.8) is 0 Å². The Kier molecular flexibility index (Phi) is 10.9. The average Bonchev–Trinajstić information content (AvgIpc) is 3.00. The molecule has 0 atom stereocenters. The Balaban J connectivity index is 0.000000585. The molecule has 2 N–H and O–H groups in total. The number of benzene rings is 3. The Morgan fingerprint density at radius 2 is 1.20 bits per heavy atom. The van der Waals surface area contributed by atoms with Crippen molar-refractivity contribution >= 4 is 29.4 Å². The van der Waals surface area contributed by atoms with Crippen LogP contribution in [0.2, 0.25) is 5.02 Å². The summed E-state index contributed by atoms with van der Waals surface area (Å²) in [5.74, 6) is -3.14. The van der Waals surface area contributed by atoms with Gasteiger partial charge in [0, 0.05) is 43.7 Å². The lowest BCUT2D eigenvalue weighted by Gasteiger charge is -2.41. The number of hydrogen-bond acceptors (Lipinski definition) is 5. The Morgan fingerprint density at radius 3 is 1.66 bits per heavy atom. The average molecular weight is 578 g/mol. The fourth-order valence-corrected chi connectivity index (χ4v) is 5.66. The van der Waals surface area contributed by atoms with E-state index in [4.69, 9.17) is 31.4 Å². The van der Waals surface area contributed by atoms with Crippen molar-refractivity contribution in [2.24, 2.45) is 5.92 Å². The minimum absolute atomic E-state index is 0.155. The van der Waals surface area contributed by atoms with Gasteiger partial charge < -0.3 is 15.1 Å². The van der Waals surface area contributed by atoms with Crippen molar-refractivity contribution in [3.05, 3.63) is 107 Å². The molecule has 0 unspecified atom stereocenters. The van der Waals surface area contributed by atoms with Gasteiger partial charge in [-0.1, -0.05) is 84.4 Å². The highest BCUT2D eigenvalue weighted by Crippen LogP contribution is 2.30. The molecular formula is C32H36ClN3O5. The molecule has 5 rings (SSSR count). The molecule has 0 radical (unpaired) electrons. The third-order valence-electron chi connectivity index (χ3n) is 7.66. The highest BCUT2D eigenvalue weighted by molar-refractivity contribution is 6.30. The van der Waals surface area contributed by atoms with E-state index in [1.54, 1.807) is 0 Å². The first-order valence-corrected chi connectivity index (χ1v) is 14.3. The van der Waals surface area contributed by atoms with Gasteiger partial charge in [-0.05, 0) is 54.8 Å². The molecule has 0 bridgehead atoms. The zero-order valence-corrected chi connectivity index (χ0v) is 23.7. The zero-order valence-electron chi connectivity index (χ0n) is 22.9. The summed E-state index contributed by atoms with van der Waals surface area (Å²) in [6, 6.07) is 29.8. The highest BCUT2D eigenvalue weighted by atomic mass is 35.5. The molecule has 0 aliphatic carbocycles. The van der Waals surface area contributed by atoms with Crippen LogP contribution in [-0.2, 0) is 20.9 Å². The lowest BCUT2D eigenvalue weighted by atomic mass is 9.94. The number of halogens is 1. The first kappa shape index (κ1) is 30.2. The summed E-state index contributed by atoms with van der Waals surface area (Å²) >= 11 is 6.01. The maximum atomic E-state index is 13.3. The van der Waals surface area contributed by atoms with Gasteiger partial charge in [0.15, 0.2) is 0 Å². The summed E-state index contributed by atoms with van der Waals surface area (Å²) in [5.41, 5.74) is 3.90. The first-order chi connectivity index (χ1) is 19.8. The predicted molar refractivity (Wildman–Crippen MR) is 158 cm³/mol. The summed E-state index contributed by atoms with van der Waals surface area (Å²) in [5, 5.41) is 15.6. The van der Waals surface area contributed by atoms with E-state index in [0.717, 1.165) is 63.7 Å². The van der Waals surface area contributed by atoms with Gasteiger partial charge in [0.1, 0.15) is 0 Å². The van der Waals surface area contributed by atoms with Crippen LogP contribution in [0.3, 0.4) is 0 Å². The van der Waals surface area contributed by atoms with Crippen molar-refractivity contribution < 1.29 is 24.6 Å². The molecule has 8 nitrogen and oxygen atoms in total. The Morgan fingerprint density at radius 1 is 0.707 bits per heavy atom. The Labute approximate surface area is 245 Å². The molecule has 2 fully saturated rings. The second kappa shape index (κ2) is 14.8. The summed E-state index contributed by atoms with van der Waals surface area (Å²) in [7, 11) is 0. The van der Waals surface area contributed by atoms with Crippen molar-refractivity contribution in [2.75, 3.05) is 39.3 Å². The monoisotopic (exact) mass is 577 g/mol. The number of rotatable bonds is 6. The smallest absolute Gasteiger partial charge is 0.414 e. The molecule has 3 aromatic carbocycles. The summed E-state index contributed by atoms with van der Waals surface area (Å²) in [6.45, 7) is 6.29. The summed E-state index contributed by atoms with van der Waals surface area (Å²) < 4.78 is 0. The number of carboxylic acid groups (broad SMARTS) is 2. The van der Waals surface area contributed by atoms with Gasteiger partial charge in [0.25, 0.3) is 0 Å². The van der Waals surface area contributed by atoms with E-state index >= 15 is 0 Å². The van der Waals surface area contributed by atoms with Crippen molar-refractivity contribution in [3.8, 4) is 0 Å². The van der Waals surface area contributed by atoms with Crippen molar-refractivity contribution in [2.45, 2.75) is 25.4 Å². The topological polar surface area (TPSA) is 101 Å². The van der Waals surface area contributed by atoms with Crippen LogP contribution < -0.4 is 0 Å². The molecule has 2 saturated heterocycles. The second-order valence-corrected chi connectivity index (χ2v) is 10.8. The van der Waals surface area contributed by atoms with Crippen LogP contribution >= 0.6 is 11.6 Å². The summed E-state index contributed by atoms with van der Waals surface area (Å²) in [4.78, 5) is 38.6. The van der Waals surface area contributed by atoms with Crippen LogP contribution in [0.15, 0.2) is 84.9 Å². The zero-order chi connectivity index (χ0) is 29.2. The lowest BCUT2D eigenvalue weighted by Crippen LogP contribution is -2.52. The number of piperazine rings is 1. The minimum Gasteiger partial charge on any atom is -0.473 e. The molecule has 9 heteroatoms. The molecule has 2 aliphatic heterocycles. The molecule has 2 aliphatic rings. The molecule has 0 aromatic heterocycles. The molecular weight excluding hydrogens is 542 g/mol. The molecule has 1 amide bonds. The highest BCUT2D eigenvalue weighted by Gasteiger charge is 2.32. The number of hydrogen-bond donors (Lipinski definition) is 2. The first-order valence-electron chi connectivity index (χ1n) is 13.9. The van der Waals surface area contributed by atoms with E-state index in [-0.39, 0.29) is 12.0 Å². The van der Waals surface area contributed by atoms with E-state index in [1.807, 2.05) is 12.1 Å². The van der Waals surface area contributed by atoms with Crippen LogP contribution in [0.25, 0.3) is 0 Å². The fraction of sp³-hybridized carbons (Fsp3) is 0.344. The maximum absolute atomic E-state index is 13.3. The number of amides is 1. The van der Waals surface area contributed by atoms with Gasteiger partial charge in [-0.2, -0.15) is 0 Å². The Bertz CT molecular complexity index is 1220. The minimum atomic E-state index is -1.82.